The summed E-state index contributed by atoms with van der Waals surface area (Å²) in [4.78, 5) is 29.4. The molecule has 0 bridgehead atoms. The summed E-state index contributed by atoms with van der Waals surface area (Å²) < 4.78 is 5.27. The van der Waals surface area contributed by atoms with Gasteiger partial charge in [0.1, 0.15) is 0 Å². The van der Waals surface area contributed by atoms with Crippen LogP contribution >= 0.6 is 12.4 Å². The zero-order valence-corrected chi connectivity index (χ0v) is 14.2. The van der Waals surface area contributed by atoms with Crippen molar-refractivity contribution in [3.05, 3.63) is 35.7 Å². The third-order valence-corrected chi connectivity index (χ3v) is 4.59. The predicted molar refractivity (Wildman–Crippen MR) is 90.6 cm³/mol. The Bertz CT molecular complexity index is 785. The maximum atomic E-state index is 12.4. The van der Waals surface area contributed by atoms with Gasteiger partial charge in [-0.3, -0.25) is 9.59 Å². The standard InChI is InChI=1S/C17H17N3O4.ClH/c21-16(20-8-7-13(9-20)17(22)23)12-5-3-11(4-6-12)15-18-14(19-24-15)10-1-2-10;/h3-6,10,13H,1-2,7-9H2,(H,22,23);1H. The number of halogens is 1. The first-order chi connectivity index (χ1) is 11.6. The molecule has 1 aliphatic heterocycles. The topological polar surface area (TPSA) is 96.5 Å². The number of carboxylic acids is 1. The van der Waals surface area contributed by atoms with E-state index in [9.17, 15) is 9.59 Å². The summed E-state index contributed by atoms with van der Waals surface area (Å²) in [5, 5.41) is 13.0. The van der Waals surface area contributed by atoms with E-state index in [2.05, 4.69) is 10.1 Å². The zero-order valence-electron chi connectivity index (χ0n) is 13.4. The molecule has 2 heterocycles. The second kappa shape index (κ2) is 6.84. The van der Waals surface area contributed by atoms with Crippen molar-refractivity contribution in [2.75, 3.05) is 13.1 Å². The lowest BCUT2D eigenvalue weighted by Gasteiger charge is -2.15. The lowest BCUT2D eigenvalue weighted by molar-refractivity contribution is -0.141. The highest BCUT2D eigenvalue weighted by molar-refractivity contribution is 5.95. The van der Waals surface area contributed by atoms with Crippen LogP contribution in [-0.4, -0.2) is 45.1 Å². The van der Waals surface area contributed by atoms with Crippen LogP contribution in [-0.2, 0) is 4.79 Å². The summed E-state index contributed by atoms with van der Waals surface area (Å²) in [7, 11) is 0. The van der Waals surface area contributed by atoms with Crippen LogP contribution in [0.5, 0.6) is 0 Å². The van der Waals surface area contributed by atoms with E-state index < -0.39 is 11.9 Å². The number of carbonyl (C=O) groups is 2. The van der Waals surface area contributed by atoms with Crippen molar-refractivity contribution in [1.82, 2.24) is 15.0 Å². The van der Waals surface area contributed by atoms with Crippen molar-refractivity contribution < 1.29 is 19.2 Å². The predicted octanol–water partition coefficient (Wildman–Crippen LogP) is 2.58. The maximum Gasteiger partial charge on any atom is 0.308 e. The van der Waals surface area contributed by atoms with Gasteiger partial charge in [-0.15, -0.1) is 12.4 Å². The molecule has 0 spiro atoms. The quantitative estimate of drug-likeness (QED) is 0.896. The lowest BCUT2D eigenvalue weighted by Crippen LogP contribution is -2.29. The molecular formula is C17H18ClN3O4. The van der Waals surface area contributed by atoms with Gasteiger partial charge in [-0.1, -0.05) is 5.16 Å². The fourth-order valence-electron chi connectivity index (χ4n) is 2.94. The minimum Gasteiger partial charge on any atom is -0.481 e. The zero-order chi connectivity index (χ0) is 16.7. The highest BCUT2D eigenvalue weighted by Gasteiger charge is 2.31. The number of carbonyl (C=O) groups excluding carboxylic acids is 1. The van der Waals surface area contributed by atoms with Gasteiger partial charge in [-0.25, -0.2) is 0 Å². The molecule has 1 atom stereocenters. The smallest absolute Gasteiger partial charge is 0.308 e. The van der Waals surface area contributed by atoms with Crippen molar-refractivity contribution in [2.24, 2.45) is 5.92 Å². The van der Waals surface area contributed by atoms with Gasteiger partial charge in [0.25, 0.3) is 11.8 Å². The van der Waals surface area contributed by atoms with Crippen LogP contribution in [0.25, 0.3) is 11.5 Å². The summed E-state index contributed by atoms with van der Waals surface area (Å²) in [6.07, 6.45) is 2.73. The average molecular weight is 364 g/mol. The fourth-order valence-corrected chi connectivity index (χ4v) is 2.94. The third kappa shape index (κ3) is 3.51. The van der Waals surface area contributed by atoms with Crippen molar-refractivity contribution >= 4 is 24.3 Å². The molecule has 2 fully saturated rings. The fraction of sp³-hybridized carbons (Fsp3) is 0.412. The molecule has 1 saturated carbocycles. The Labute approximate surface area is 150 Å². The molecule has 1 amide bonds. The molecule has 2 aromatic rings. The summed E-state index contributed by atoms with van der Waals surface area (Å²) in [6.45, 7) is 0.746. The van der Waals surface area contributed by atoms with E-state index in [1.165, 1.54) is 0 Å². The van der Waals surface area contributed by atoms with E-state index in [1.54, 1.807) is 29.2 Å². The summed E-state index contributed by atoms with van der Waals surface area (Å²) >= 11 is 0. The van der Waals surface area contributed by atoms with Gasteiger partial charge >= 0.3 is 5.97 Å². The minimum absolute atomic E-state index is 0. The van der Waals surface area contributed by atoms with Gasteiger partial charge in [-0.2, -0.15) is 4.98 Å². The van der Waals surface area contributed by atoms with E-state index in [4.69, 9.17) is 9.63 Å². The Morgan fingerprint density at radius 2 is 1.88 bits per heavy atom. The SMILES string of the molecule is Cl.O=C(O)C1CCN(C(=O)c2ccc(-c3nc(C4CC4)no3)cc2)C1. The molecule has 25 heavy (non-hydrogen) atoms. The lowest BCUT2D eigenvalue weighted by atomic mass is 10.1. The van der Waals surface area contributed by atoms with E-state index in [1.807, 2.05) is 0 Å². The monoisotopic (exact) mass is 363 g/mol. The molecular weight excluding hydrogens is 346 g/mol. The molecule has 1 aliphatic carbocycles. The highest BCUT2D eigenvalue weighted by Crippen LogP contribution is 2.38. The number of likely N-dealkylation sites (tertiary alicyclic amines) is 1. The molecule has 7 nitrogen and oxygen atoms in total. The second-order valence-electron chi connectivity index (χ2n) is 6.38. The number of carboxylic acid groups (broad SMARTS) is 1. The third-order valence-electron chi connectivity index (χ3n) is 4.59. The molecule has 1 aromatic carbocycles. The molecule has 0 radical (unpaired) electrons. The number of hydrogen-bond acceptors (Lipinski definition) is 5. The Kier molecular flexibility index (Phi) is 4.76. The summed E-state index contributed by atoms with van der Waals surface area (Å²) in [5.74, 6) is 0.191. The van der Waals surface area contributed by atoms with Crippen LogP contribution in [0.4, 0.5) is 0 Å². The Morgan fingerprint density at radius 3 is 2.48 bits per heavy atom. The summed E-state index contributed by atoms with van der Waals surface area (Å²) in [6, 6.07) is 6.99. The Morgan fingerprint density at radius 1 is 1.16 bits per heavy atom. The first-order valence-electron chi connectivity index (χ1n) is 8.08. The molecule has 8 heteroatoms. The molecule has 1 N–H and O–H groups in total. The Hall–Kier alpha value is -2.41. The van der Waals surface area contributed by atoms with Crippen molar-refractivity contribution in [1.29, 1.82) is 0 Å². The van der Waals surface area contributed by atoms with E-state index in [0.29, 0.717) is 30.3 Å². The van der Waals surface area contributed by atoms with Crippen LogP contribution in [0.1, 0.15) is 41.4 Å². The number of aromatic nitrogens is 2. The number of benzene rings is 1. The van der Waals surface area contributed by atoms with Gasteiger partial charge < -0.3 is 14.5 Å². The second-order valence-corrected chi connectivity index (χ2v) is 6.38. The van der Waals surface area contributed by atoms with Crippen molar-refractivity contribution in [3.63, 3.8) is 0 Å². The van der Waals surface area contributed by atoms with Gasteiger partial charge in [0, 0.05) is 30.1 Å². The van der Waals surface area contributed by atoms with Crippen LogP contribution in [0.3, 0.4) is 0 Å². The van der Waals surface area contributed by atoms with Crippen LogP contribution in [0, 0.1) is 5.92 Å². The maximum absolute atomic E-state index is 12.4. The first kappa shape index (κ1) is 17.4. The van der Waals surface area contributed by atoms with E-state index >= 15 is 0 Å². The van der Waals surface area contributed by atoms with E-state index in [-0.39, 0.29) is 24.9 Å². The van der Waals surface area contributed by atoms with Gasteiger partial charge in [0.15, 0.2) is 5.82 Å². The van der Waals surface area contributed by atoms with Crippen LogP contribution in [0.2, 0.25) is 0 Å². The largest absolute Gasteiger partial charge is 0.481 e. The van der Waals surface area contributed by atoms with Crippen LogP contribution < -0.4 is 0 Å². The molecule has 1 saturated heterocycles. The first-order valence-corrected chi connectivity index (χ1v) is 8.08. The number of aliphatic carboxylic acids is 1. The van der Waals surface area contributed by atoms with Crippen molar-refractivity contribution in [3.8, 4) is 11.5 Å². The number of nitrogens with zero attached hydrogens (tertiary/aromatic N) is 3. The number of amides is 1. The molecule has 2 aliphatic rings. The van der Waals surface area contributed by atoms with Crippen molar-refractivity contribution in [2.45, 2.75) is 25.2 Å². The van der Waals surface area contributed by atoms with E-state index in [0.717, 1.165) is 24.2 Å². The van der Waals surface area contributed by atoms with Gasteiger partial charge in [0.05, 0.1) is 5.92 Å². The summed E-state index contributed by atoms with van der Waals surface area (Å²) in [5.41, 5.74) is 1.31. The number of rotatable bonds is 4. The molecule has 4 rings (SSSR count). The molecule has 1 aromatic heterocycles. The van der Waals surface area contributed by atoms with Gasteiger partial charge in [-0.05, 0) is 43.5 Å². The highest BCUT2D eigenvalue weighted by atomic mass is 35.5. The molecule has 1 unspecified atom stereocenters. The minimum atomic E-state index is -0.844. The Balaban J connectivity index is 0.00000182. The van der Waals surface area contributed by atoms with Crippen LogP contribution in [0.15, 0.2) is 28.8 Å². The molecule has 132 valence electrons. The normalized spacial score (nSPS) is 19.5. The van der Waals surface area contributed by atoms with Gasteiger partial charge in [0.2, 0.25) is 0 Å². The number of hydrogen-bond donors (Lipinski definition) is 1. The average Bonchev–Trinajstić information content (AvgIpc) is 3.13.